The second-order valence-electron chi connectivity index (χ2n) is 5.97. The van der Waals surface area contributed by atoms with E-state index in [1.165, 1.54) is 31.2 Å². The molecule has 2 fully saturated rings. The lowest BCUT2D eigenvalue weighted by atomic mass is 9.89. The molecule has 3 atom stereocenters. The molecule has 104 valence electrons. The molecule has 2 aliphatic rings. The maximum absolute atomic E-state index is 4.42. The molecule has 1 aromatic rings. The van der Waals surface area contributed by atoms with Crippen LogP contribution < -0.4 is 10.6 Å². The first-order chi connectivity index (χ1) is 9.31. The third-order valence-corrected chi connectivity index (χ3v) is 4.95. The lowest BCUT2D eigenvalue weighted by molar-refractivity contribution is 0.348. The zero-order valence-corrected chi connectivity index (χ0v) is 11.9. The lowest BCUT2D eigenvalue weighted by Crippen LogP contribution is -2.21. The van der Waals surface area contributed by atoms with Gasteiger partial charge >= 0.3 is 0 Å². The Morgan fingerprint density at radius 2 is 2.05 bits per heavy atom. The van der Waals surface area contributed by atoms with Crippen LogP contribution in [-0.4, -0.2) is 23.6 Å². The van der Waals surface area contributed by atoms with Crippen LogP contribution in [0.3, 0.4) is 0 Å². The Hall–Kier alpha value is -1.32. The fourth-order valence-corrected chi connectivity index (χ4v) is 3.97. The van der Waals surface area contributed by atoms with E-state index in [9.17, 15) is 0 Å². The smallest absolute Gasteiger partial charge is 0.134 e. The monoisotopic (exact) mass is 260 g/mol. The van der Waals surface area contributed by atoms with Gasteiger partial charge in [-0.1, -0.05) is 13.3 Å². The first-order valence-electron chi connectivity index (χ1n) is 7.57. The van der Waals surface area contributed by atoms with Crippen molar-refractivity contribution in [3.8, 4) is 0 Å². The van der Waals surface area contributed by atoms with Gasteiger partial charge in [-0.25, -0.2) is 9.97 Å². The molecule has 4 heteroatoms. The number of hydrogen-bond donors (Lipinski definition) is 2. The van der Waals surface area contributed by atoms with Crippen molar-refractivity contribution in [3.63, 3.8) is 0 Å². The predicted octanol–water partition coefficient (Wildman–Crippen LogP) is 2.93. The average Bonchev–Trinajstić information content (AvgIpc) is 3.06. The van der Waals surface area contributed by atoms with Gasteiger partial charge in [0.15, 0.2) is 0 Å². The highest BCUT2D eigenvalue weighted by atomic mass is 15.1. The summed E-state index contributed by atoms with van der Waals surface area (Å²) in [4.78, 5) is 8.70. The van der Waals surface area contributed by atoms with Gasteiger partial charge in [-0.15, -0.1) is 0 Å². The van der Waals surface area contributed by atoms with Gasteiger partial charge in [0.2, 0.25) is 0 Å². The molecule has 0 saturated heterocycles. The molecule has 2 aliphatic carbocycles. The third kappa shape index (κ3) is 2.40. The van der Waals surface area contributed by atoms with Crippen LogP contribution in [-0.2, 0) is 6.42 Å². The maximum atomic E-state index is 4.42. The van der Waals surface area contributed by atoms with Crippen molar-refractivity contribution >= 4 is 11.6 Å². The highest BCUT2D eigenvalue weighted by Gasteiger charge is 2.39. The minimum absolute atomic E-state index is 0.858. The van der Waals surface area contributed by atoms with Crippen LogP contribution in [0.15, 0.2) is 6.33 Å². The highest BCUT2D eigenvalue weighted by Crippen LogP contribution is 2.48. The summed E-state index contributed by atoms with van der Waals surface area (Å²) in [5.41, 5.74) is 1.20. The molecule has 3 unspecified atom stereocenters. The zero-order chi connectivity index (χ0) is 13.2. The van der Waals surface area contributed by atoms with E-state index in [1.54, 1.807) is 6.33 Å². The summed E-state index contributed by atoms with van der Waals surface area (Å²) < 4.78 is 0. The predicted molar refractivity (Wildman–Crippen MR) is 78.4 cm³/mol. The molecule has 3 rings (SSSR count). The Morgan fingerprint density at radius 1 is 1.21 bits per heavy atom. The Balaban J connectivity index is 1.66. The molecular formula is C15H24N4. The van der Waals surface area contributed by atoms with Crippen LogP contribution in [0, 0.1) is 17.8 Å². The van der Waals surface area contributed by atoms with Gasteiger partial charge in [0, 0.05) is 19.2 Å². The van der Waals surface area contributed by atoms with E-state index in [0.29, 0.717) is 0 Å². The Bertz CT molecular complexity index is 446. The normalized spacial score (nSPS) is 28.6. The van der Waals surface area contributed by atoms with Gasteiger partial charge in [-0.05, 0) is 43.4 Å². The number of nitrogens with one attached hydrogen (secondary N) is 2. The summed E-state index contributed by atoms with van der Waals surface area (Å²) >= 11 is 0. The summed E-state index contributed by atoms with van der Waals surface area (Å²) in [5, 5.41) is 6.73. The molecule has 2 N–H and O–H groups in total. The van der Waals surface area contributed by atoms with E-state index >= 15 is 0 Å². The van der Waals surface area contributed by atoms with Gasteiger partial charge in [0.25, 0.3) is 0 Å². The fraction of sp³-hybridized carbons (Fsp3) is 0.733. The molecule has 0 aliphatic heterocycles. The molecule has 19 heavy (non-hydrogen) atoms. The summed E-state index contributed by atoms with van der Waals surface area (Å²) in [5.74, 6) is 4.81. The Morgan fingerprint density at radius 3 is 2.68 bits per heavy atom. The van der Waals surface area contributed by atoms with Crippen molar-refractivity contribution in [2.45, 2.75) is 39.0 Å². The Kier molecular flexibility index (Phi) is 3.58. The Labute approximate surface area is 115 Å². The van der Waals surface area contributed by atoms with Gasteiger partial charge in [-0.3, -0.25) is 0 Å². The van der Waals surface area contributed by atoms with Crippen molar-refractivity contribution in [2.75, 3.05) is 24.2 Å². The van der Waals surface area contributed by atoms with Gasteiger partial charge < -0.3 is 10.6 Å². The number of nitrogens with zero attached hydrogens (tertiary/aromatic N) is 2. The second kappa shape index (κ2) is 5.35. The van der Waals surface area contributed by atoms with E-state index in [1.807, 2.05) is 7.05 Å². The number of aromatic nitrogens is 2. The molecule has 2 saturated carbocycles. The van der Waals surface area contributed by atoms with Gasteiger partial charge in [0.05, 0.1) is 0 Å². The molecule has 0 radical (unpaired) electrons. The zero-order valence-electron chi connectivity index (χ0n) is 11.9. The number of anilines is 2. The van der Waals surface area contributed by atoms with Crippen LogP contribution in [0.4, 0.5) is 11.6 Å². The fourth-order valence-electron chi connectivity index (χ4n) is 3.97. The molecule has 2 bridgehead atoms. The van der Waals surface area contributed by atoms with Gasteiger partial charge in [-0.2, -0.15) is 0 Å². The highest BCUT2D eigenvalue weighted by molar-refractivity contribution is 5.57. The molecular weight excluding hydrogens is 236 g/mol. The SMILES string of the molecule is CCc1c(NC)ncnc1NCC1CC2CCC1C2. The van der Waals surface area contributed by atoms with E-state index in [4.69, 9.17) is 0 Å². The molecule has 0 amide bonds. The molecule has 0 aromatic carbocycles. The van der Waals surface area contributed by atoms with Crippen LogP contribution in [0.1, 0.15) is 38.2 Å². The van der Waals surface area contributed by atoms with E-state index in [0.717, 1.165) is 42.4 Å². The van der Waals surface area contributed by atoms with E-state index in [2.05, 4.69) is 27.5 Å². The van der Waals surface area contributed by atoms with Crippen LogP contribution in [0.2, 0.25) is 0 Å². The standard InChI is InChI=1S/C15H24N4/c1-3-13-14(16-2)18-9-19-15(13)17-8-12-7-10-4-5-11(12)6-10/h9-12H,3-8H2,1-2H3,(H2,16,17,18,19). The average molecular weight is 260 g/mol. The van der Waals surface area contributed by atoms with E-state index in [-0.39, 0.29) is 0 Å². The van der Waals surface area contributed by atoms with Crippen molar-refractivity contribution in [1.82, 2.24) is 9.97 Å². The molecule has 4 nitrogen and oxygen atoms in total. The summed E-state index contributed by atoms with van der Waals surface area (Å²) in [6.45, 7) is 3.23. The second-order valence-corrected chi connectivity index (χ2v) is 5.97. The number of fused-ring (bicyclic) bond motifs is 2. The summed E-state index contributed by atoms with van der Waals surface area (Å²) in [6.07, 6.45) is 8.41. The first kappa shape index (κ1) is 12.7. The van der Waals surface area contributed by atoms with Crippen molar-refractivity contribution in [3.05, 3.63) is 11.9 Å². The van der Waals surface area contributed by atoms with E-state index < -0.39 is 0 Å². The minimum Gasteiger partial charge on any atom is -0.373 e. The largest absolute Gasteiger partial charge is 0.373 e. The molecule has 1 heterocycles. The van der Waals surface area contributed by atoms with Crippen molar-refractivity contribution in [2.24, 2.45) is 17.8 Å². The first-order valence-corrected chi connectivity index (χ1v) is 7.57. The van der Waals surface area contributed by atoms with Crippen LogP contribution >= 0.6 is 0 Å². The summed E-state index contributed by atoms with van der Waals surface area (Å²) in [6, 6.07) is 0. The topological polar surface area (TPSA) is 49.8 Å². The minimum atomic E-state index is 0.858. The van der Waals surface area contributed by atoms with Gasteiger partial charge in [0.1, 0.15) is 18.0 Å². The van der Waals surface area contributed by atoms with Crippen LogP contribution in [0.25, 0.3) is 0 Å². The number of hydrogen-bond acceptors (Lipinski definition) is 4. The third-order valence-electron chi connectivity index (χ3n) is 4.95. The lowest BCUT2D eigenvalue weighted by Gasteiger charge is -2.23. The summed E-state index contributed by atoms with van der Waals surface area (Å²) in [7, 11) is 1.92. The van der Waals surface area contributed by atoms with Crippen molar-refractivity contribution in [1.29, 1.82) is 0 Å². The molecule has 1 aromatic heterocycles. The van der Waals surface area contributed by atoms with Crippen LogP contribution in [0.5, 0.6) is 0 Å². The maximum Gasteiger partial charge on any atom is 0.134 e. The quantitative estimate of drug-likeness (QED) is 0.854. The number of rotatable bonds is 5. The molecule has 0 spiro atoms. The van der Waals surface area contributed by atoms with Crippen molar-refractivity contribution < 1.29 is 0 Å².